The Balaban J connectivity index is 4.76. The molecule has 0 aliphatic rings. The van der Waals surface area contributed by atoms with Crippen molar-refractivity contribution in [2.24, 2.45) is 0 Å². The van der Waals surface area contributed by atoms with Gasteiger partial charge < -0.3 is 20.3 Å². The van der Waals surface area contributed by atoms with E-state index >= 15 is 0 Å². The maximum absolute atomic E-state index is 13.2. The quantitative estimate of drug-likeness (QED) is 0.0321. The van der Waals surface area contributed by atoms with Crippen LogP contribution in [0.3, 0.4) is 0 Å². The van der Waals surface area contributed by atoms with Gasteiger partial charge in [0, 0.05) is 6.42 Å². The number of carbonyl (C=O) groups is 2. The maximum atomic E-state index is 13.2. The fraction of sp³-hybridized carbons (Fsp3) is 0.677. The SMILES string of the molecule is CC/C=C\C/C=C\C/C=C\C/C=C\C/C=C\CCCC(CC(=O)NC(CO)C(O)CCCCCCCCCCCCCCC)OC(=O)CCCCC/C=C\C/C=C\C/C=C\C/C=C\CCCCC. The number of rotatable bonds is 49. The number of aliphatic hydroxyl groups excluding tert-OH is 2. The van der Waals surface area contributed by atoms with Gasteiger partial charge in [-0.05, 0) is 109 Å². The van der Waals surface area contributed by atoms with Gasteiger partial charge in [0.2, 0.25) is 5.91 Å². The van der Waals surface area contributed by atoms with E-state index in [0.717, 1.165) is 109 Å². The van der Waals surface area contributed by atoms with Gasteiger partial charge in [0.15, 0.2) is 0 Å². The molecule has 68 heavy (non-hydrogen) atoms. The number of hydrogen-bond donors (Lipinski definition) is 3. The van der Waals surface area contributed by atoms with Crippen molar-refractivity contribution in [3.63, 3.8) is 0 Å². The molecule has 0 aromatic carbocycles. The van der Waals surface area contributed by atoms with E-state index < -0.39 is 18.2 Å². The summed E-state index contributed by atoms with van der Waals surface area (Å²) in [7, 11) is 0. The average molecular weight is 945 g/mol. The largest absolute Gasteiger partial charge is 0.462 e. The van der Waals surface area contributed by atoms with Gasteiger partial charge in [0.05, 0.1) is 25.2 Å². The Labute approximate surface area is 419 Å². The molecule has 1 amide bonds. The van der Waals surface area contributed by atoms with Crippen molar-refractivity contribution in [1.82, 2.24) is 5.32 Å². The van der Waals surface area contributed by atoms with Crippen molar-refractivity contribution >= 4 is 11.9 Å². The minimum atomic E-state index is -0.816. The molecule has 0 aromatic rings. The minimum Gasteiger partial charge on any atom is -0.462 e. The fourth-order valence-electron chi connectivity index (χ4n) is 7.86. The van der Waals surface area contributed by atoms with Crippen molar-refractivity contribution < 1.29 is 24.5 Å². The van der Waals surface area contributed by atoms with Crippen LogP contribution in [0.4, 0.5) is 0 Å². The van der Waals surface area contributed by atoms with Crippen LogP contribution in [-0.4, -0.2) is 46.9 Å². The number of aliphatic hydroxyl groups is 2. The summed E-state index contributed by atoms with van der Waals surface area (Å²) in [6, 6.07) is -0.734. The summed E-state index contributed by atoms with van der Waals surface area (Å²) in [5, 5.41) is 23.8. The predicted octanol–water partition coefficient (Wildman–Crippen LogP) is 17.5. The molecule has 0 radical (unpaired) electrons. The lowest BCUT2D eigenvalue weighted by Gasteiger charge is -2.24. The molecule has 0 bridgehead atoms. The van der Waals surface area contributed by atoms with Gasteiger partial charge >= 0.3 is 5.97 Å². The third-order valence-electron chi connectivity index (χ3n) is 12.1. The van der Waals surface area contributed by atoms with Gasteiger partial charge in [-0.25, -0.2) is 0 Å². The van der Waals surface area contributed by atoms with E-state index in [4.69, 9.17) is 4.74 Å². The molecule has 3 unspecified atom stereocenters. The summed E-state index contributed by atoms with van der Waals surface area (Å²) < 4.78 is 5.91. The van der Waals surface area contributed by atoms with Crippen LogP contribution in [0.25, 0.3) is 0 Å². The Morgan fingerprint density at radius 2 is 0.809 bits per heavy atom. The van der Waals surface area contributed by atoms with Crippen LogP contribution in [0, 0.1) is 0 Å². The molecule has 0 rings (SSSR count). The zero-order chi connectivity index (χ0) is 49.5. The number of allylic oxidation sites excluding steroid dienone is 18. The number of carbonyl (C=O) groups excluding carboxylic acids is 2. The molecule has 3 atom stereocenters. The maximum Gasteiger partial charge on any atom is 0.306 e. The average Bonchev–Trinajstić information content (AvgIpc) is 3.33. The number of hydrogen-bond acceptors (Lipinski definition) is 5. The molecule has 3 N–H and O–H groups in total. The number of esters is 1. The van der Waals surface area contributed by atoms with Gasteiger partial charge in [-0.15, -0.1) is 0 Å². The van der Waals surface area contributed by atoms with Crippen LogP contribution in [-0.2, 0) is 14.3 Å². The molecule has 0 saturated carbocycles. The van der Waals surface area contributed by atoms with E-state index in [9.17, 15) is 19.8 Å². The van der Waals surface area contributed by atoms with Crippen LogP contribution in [0.5, 0.6) is 0 Å². The molecule has 388 valence electrons. The Hall–Kier alpha value is -3.48. The highest BCUT2D eigenvalue weighted by molar-refractivity contribution is 5.77. The molecule has 0 aliphatic heterocycles. The van der Waals surface area contributed by atoms with Gasteiger partial charge in [0.25, 0.3) is 0 Å². The molecule has 0 spiro atoms. The van der Waals surface area contributed by atoms with Crippen LogP contribution >= 0.6 is 0 Å². The Morgan fingerprint density at radius 1 is 0.441 bits per heavy atom. The van der Waals surface area contributed by atoms with Gasteiger partial charge in [0.1, 0.15) is 6.10 Å². The van der Waals surface area contributed by atoms with Crippen LogP contribution < -0.4 is 5.32 Å². The number of amides is 1. The standard InChI is InChI=1S/C62H105NO5/c1-4-7-10-13-16-19-22-25-27-29-30-32-34-37-40-43-46-49-52-55-62(67)68-58(53-50-47-44-41-38-36-33-31-28-26-23-20-17-14-11-8-5-2)56-61(66)63-59(57-64)60(65)54-51-48-45-42-39-35-24-21-18-15-12-9-6-3/h8,11,16-17,19-20,25-28,30,32-33,36-37,40-41,44,58-60,64-65H,4-7,9-10,12-15,18,21-24,29,31,34-35,38-39,42-43,45-57H2,1-3H3,(H,63,66)/b11-8-,19-16-,20-17-,27-25-,28-26-,32-30-,36-33-,40-37-,44-41-. The predicted molar refractivity (Wildman–Crippen MR) is 296 cm³/mol. The second kappa shape index (κ2) is 54.5. The molecule has 0 fully saturated rings. The highest BCUT2D eigenvalue weighted by atomic mass is 16.5. The first-order chi connectivity index (χ1) is 33.5. The van der Waals surface area contributed by atoms with E-state index in [0.29, 0.717) is 19.3 Å². The monoisotopic (exact) mass is 944 g/mol. The first-order valence-corrected chi connectivity index (χ1v) is 28.1. The molecular weight excluding hydrogens is 839 g/mol. The van der Waals surface area contributed by atoms with E-state index in [-0.39, 0.29) is 24.9 Å². The lowest BCUT2D eigenvalue weighted by atomic mass is 10.0. The first kappa shape index (κ1) is 64.5. The number of nitrogens with one attached hydrogen (secondary N) is 1. The van der Waals surface area contributed by atoms with Crippen LogP contribution in [0.15, 0.2) is 109 Å². The third kappa shape index (κ3) is 49.0. The summed E-state index contributed by atoms with van der Waals surface area (Å²) in [4.78, 5) is 26.2. The van der Waals surface area contributed by atoms with Crippen molar-refractivity contribution in [2.45, 2.75) is 264 Å². The minimum absolute atomic E-state index is 0.0193. The highest BCUT2D eigenvalue weighted by Crippen LogP contribution is 2.16. The zero-order valence-corrected chi connectivity index (χ0v) is 44.2. The summed E-state index contributed by atoms with van der Waals surface area (Å²) in [6.07, 6.45) is 74.3. The zero-order valence-electron chi connectivity index (χ0n) is 44.2. The number of ether oxygens (including phenoxy) is 1. The van der Waals surface area contributed by atoms with E-state index in [1.54, 1.807) is 0 Å². The lowest BCUT2D eigenvalue weighted by Crippen LogP contribution is -2.46. The smallest absolute Gasteiger partial charge is 0.306 e. The third-order valence-corrected chi connectivity index (χ3v) is 12.1. The summed E-state index contributed by atoms with van der Waals surface area (Å²) in [6.45, 7) is 6.32. The van der Waals surface area contributed by atoms with Crippen molar-refractivity contribution in [3.8, 4) is 0 Å². The van der Waals surface area contributed by atoms with Crippen molar-refractivity contribution in [2.75, 3.05) is 6.61 Å². The lowest BCUT2D eigenvalue weighted by molar-refractivity contribution is -0.151. The second-order valence-electron chi connectivity index (χ2n) is 18.6. The molecule has 6 nitrogen and oxygen atoms in total. The fourth-order valence-corrected chi connectivity index (χ4v) is 7.86. The second-order valence-corrected chi connectivity index (χ2v) is 18.6. The molecule has 0 saturated heterocycles. The van der Waals surface area contributed by atoms with Gasteiger partial charge in [-0.1, -0.05) is 233 Å². The van der Waals surface area contributed by atoms with E-state index in [1.165, 1.54) is 89.9 Å². The number of unbranched alkanes of at least 4 members (excludes halogenated alkanes) is 19. The van der Waals surface area contributed by atoms with Crippen molar-refractivity contribution in [1.29, 1.82) is 0 Å². The molecule has 0 aliphatic carbocycles. The van der Waals surface area contributed by atoms with Crippen molar-refractivity contribution in [3.05, 3.63) is 109 Å². The Bertz CT molecular complexity index is 1380. The Kier molecular flexibility index (Phi) is 51.7. The molecule has 0 heterocycles. The van der Waals surface area contributed by atoms with Crippen LogP contribution in [0.2, 0.25) is 0 Å². The molecule has 6 heteroatoms. The summed E-state index contributed by atoms with van der Waals surface area (Å²) >= 11 is 0. The molecular formula is C62H105NO5. The Morgan fingerprint density at radius 3 is 1.25 bits per heavy atom. The first-order valence-electron chi connectivity index (χ1n) is 28.1. The topological polar surface area (TPSA) is 95.9 Å². The van der Waals surface area contributed by atoms with Gasteiger partial charge in [-0.2, -0.15) is 0 Å². The van der Waals surface area contributed by atoms with E-state index in [2.05, 4.69) is 135 Å². The summed E-state index contributed by atoms with van der Waals surface area (Å²) in [5.74, 6) is -0.572. The molecule has 0 aromatic heterocycles. The summed E-state index contributed by atoms with van der Waals surface area (Å²) in [5.41, 5.74) is 0. The van der Waals surface area contributed by atoms with Gasteiger partial charge in [-0.3, -0.25) is 9.59 Å². The van der Waals surface area contributed by atoms with Crippen LogP contribution in [0.1, 0.15) is 245 Å². The highest BCUT2D eigenvalue weighted by Gasteiger charge is 2.24. The van der Waals surface area contributed by atoms with E-state index in [1.807, 2.05) is 0 Å². The normalized spacial score (nSPS) is 14.0.